The van der Waals surface area contributed by atoms with Gasteiger partial charge in [-0.05, 0) is 37.2 Å². The average Bonchev–Trinajstić information content (AvgIpc) is 2.67. The molecular weight excluding hydrogens is 284 g/mol. The molecule has 0 saturated heterocycles. The molecule has 2 aromatic rings. The normalized spacial score (nSPS) is 25.4. The van der Waals surface area contributed by atoms with Gasteiger partial charge in [0.15, 0.2) is 0 Å². The van der Waals surface area contributed by atoms with Crippen molar-refractivity contribution in [2.45, 2.75) is 58.1 Å². The zero-order valence-electron chi connectivity index (χ0n) is 12.3. The van der Waals surface area contributed by atoms with Crippen LogP contribution in [0.15, 0.2) is 4.79 Å². The number of aryl methyl sites for hydroxylation is 2. The van der Waals surface area contributed by atoms with Gasteiger partial charge in [0.25, 0.3) is 5.56 Å². The first-order chi connectivity index (χ1) is 10.2. The van der Waals surface area contributed by atoms with E-state index >= 15 is 0 Å². The minimum absolute atomic E-state index is 0.121. The van der Waals surface area contributed by atoms with Crippen molar-refractivity contribution in [3.05, 3.63) is 26.6 Å². The monoisotopic (exact) mass is 304 g/mol. The van der Waals surface area contributed by atoms with Crippen LogP contribution in [-0.2, 0) is 19.4 Å². The molecule has 0 fully saturated rings. The Morgan fingerprint density at radius 3 is 3.00 bits per heavy atom. The number of rotatable bonds is 0. The lowest BCUT2D eigenvalue weighted by Crippen LogP contribution is -2.25. The number of thiophene rings is 1. The quantitative estimate of drug-likeness (QED) is 0.814. The zero-order chi connectivity index (χ0) is 14.6. The van der Waals surface area contributed by atoms with Gasteiger partial charge in [-0.1, -0.05) is 13.3 Å². The van der Waals surface area contributed by atoms with Crippen LogP contribution in [0.1, 0.15) is 55.0 Å². The van der Waals surface area contributed by atoms with Gasteiger partial charge in [0.1, 0.15) is 10.7 Å². The Labute approximate surface area is 127 Å². The topological polar surface area (TPSA) is 55.1 Å². The van der Waals surface area contributed by atoms with Crippen molar-refractivity contribution in [3.8, 4) is 0 Å². The van der Waals surface area contributed by atoms with Gasteiger partial charge in [-0.2, -0.15) is 0 Å². The molecule has 0 radical (unpaired) electrons. The lowest BCUT2D eigenvalue weighted by atomic mass is 9.87. The number of aliphatic hydroxyl groups excluding tert-OH is 1. The van der Waals surface area contributed by atoms with E-state index in [4.69, 9.17) is 4.98 Å². The summed E-state index contributed by atoms with van der Waals surface area (Å²) in [6.07, 6.45) is 5.65. The molecule has 112 valence electrons. The van der Waals surface area contributed by atoms with E-state index in [0.29, 0.717) is 0 Å². The standard InChI is InChI=1S/C16H20N2O2S/c1-9-6-7-10-12-15(21-14(10)13(9)19)17-11-5-3-2-4-8-18(11)16(12)20/h9,13,19H,2-8H2,1H3. The molecule has 0 amide bonds. The largest absolute Gasteiger partial charge is 0.387 e. The van der Waals surface area contributed by atoms with Crippen molar-refractivity contribution in [1.29, 1.82) is 0 Å². The number of aromatic nitrogens is 2. The minimum atomic E-state index is -0.433. The molecule has 4 nitrogen and oxygen atoms in total. The number of fused-ring (bicyclic) bond motifs is 4. The van der Waals surface area contributed by atoms with Gasteiger partial charge < -0.3 is 5.11 Å². The van der Waals surface area contributed by atoms with Crippen molar-refractivity contribution < 1.29 is 5.11 Å². The highest BCUT2D eigenvalue weighted by atomic mass is 32.1. The van der Waals surface area contributed by atoms with E-state index in [0.717, 1.165) is 65.1 Å². The van der Waals surface area contributed by atoms with Crippen LogP contribution in [0.2, 0.25) is 0 Å². The van der Waals surface area contributed by atoms with Crippen molar-refractivity contribution in [2.24, 2.45) is 5.92 Å². The van der Waals surface area contributed by atoms with Crippen molar-refractivity contribution in [3.63, 3.8) is 0 Å². The number of hydrogen-bond acceptors (Lipinski definition) is 4. The summed E-state index contributed by atoms with van der Waals surface area (Å²) in [6.45, 7) is 2.87. The third-order valence-electron chi connectivity index (χ3n) is 4.96. The van der Waals surface area contributed by atoms with Crippen LogP contribution < -0.4 is 5.56 Å². The first-order valence-electron chi connectivity index (χ1n) is 7.90. The van der Waals surface area contributed by atoms with E-state index in [-0.39, 0.29) is 11.5 Å². The molecule has 2 aromatic heterocycles. The van der Waals surface area contributed by atoms with Gasteiger partial charge in [-0.3, -0.25) is 9.36 Å². The predicted octanol–water partition coefficient (Wildman–Crippen LogP) is 2.80. The fraction of sp³-hybridized carbons (Fsp3) is 0.625. The Balaban J connectivity index is 1.99. The third kappa shape index (κ3) is 1.98. The first kappa shape index (κ1) is 13.5. The molecular formula is C16H20N2O2S. The molecule has 3 heterocycles. The van der Waals surface area contributed by atoms with Crippen molar-refractivity contribution in [1.82, 2.24) is 9.55 Å². The van der Waals surface area contributed by atoms with Crippen LogP contribution in [0.5, 0.6) is 0 Å². The molecule has 2 unspecified atom stereocenters. The Morgan fingerprint density at radius 1 is 1.29 bits per heavy atom. The van der Waals surface area contributed by atoms with Gasteiger partial charge in [-0.15, -0.1) is 11.3 Å². The SMILES string of the molecule is CC1CCc2c(sc3nc4n(c(=O)c23)CCCCC4)C1O. The molecule has 21 heavy (non-hydrogen) atoms. The fourth-order valence-corrected chi connectivity index (χ4v) is 4.98. The minimum Gasteiger partial charge on any atom is -0.387 e. The van der Waals surface area contributed by atoms with E-state index in [1.54, 1.807) is 0 Å². The highest BCUT2D eigenvalue weighted by Gasteiger charge is 2.30. The third-order valence-corrected chi connectivity index (χ3v) is 6.16. The highest BCUT2D eigenvalue weighted by Crippen LogP contribution is 2.42. The second-order valence-corrected chi connectivity index (χ2v) is 7.41. The van der Waals surface area contributed by atoms with Gasteiger partial charge >= 0.3 is 0 Å². The number of aliphatic hydroxyl groups is 1. The first-order valence-corrected chi connectivity index (χ1v) is 8.71. The summed E-state index contributed by atoms with van der Waals surface area (Å²) < 4.78 is 1.88. The second-order valence-electron chi connectivity index (χ2n) is 6.38. The zero-order valence-corrected chi connectivity index (χ0v) is 13.1. The molecule has 5 heteroatoms. The maximum atomic E-state index is 12.9. The summed E-state index contributed by atoms with van der Waals surface area (Å²) in [4.78, 5) is 19.5. The van der Waals surface area contributed by atoms with Gasteiger partial charge in [0, 0.05) is 17.8 Å². The van der Waals surface area contributed by atoms with Crippen LogP contribution in [0.3, 0.4) is 0 Å². The summed E-state index contributed by atoms with van der Waals surface area (Å²) in [5.74, 6) is 1.21. The lowest BCUT2D eigenvalue weighted by Gasteiger charge is -2.24. The molecule has 0 saturated carbocycles. The summed E-state index contributed by atoms with van der Waals surface area (Å²) in [5.41, 5.74) is 1.19. The van der Waals surface area contributed by atoms with Gasteiger partial charge in [0.05, 0.1) is 11.5 Å². The van der Waals surface area contributed by atoms with Crippen molar-refractivity contribution >= 4 is 21.6 Å². The maximum absolute atomic E-state index is 12.9. The summed E-state index contributed by atoms with van der Waals surface area (Å²) in [6, 6.07) is 0. The highest BCUT2D eigenvalue weighted by molar-refractivity contribution is 7.18. The Kier molecular flexibility index (Phi) is 3.15. The lowest BCUT2D eigenvalue weighted by molar-refractivity contribution is 0.108. The summed E-state index contributed by atoms with van der Waals surface area (Å²) >= 11 is 1.53. The Morgan fingerprint density at radius 2 is 2.14 bits per heavy atom. The molecule has 0 aromatic carbocycles. The van der Waals surface area contributed by atoms with E-state index in [9.17, 15) is 9.90 Å². The molecule has 2 aliphatic rings. The average molecular weight is 304 g/mol. The van der Waals surface area contributed by atoms with E-state index in [1.807, 2.05) is 4.57 Å². The van der Waals surface area contributed by atoms with Gasteiger partial charge in [0.2, 0.25) is 0 Å². The van der Waals surface area contributed by atoms with E-state index in [1.165, 1.54) is 17.8 Å². The molecule has 4 rings (SSSR count). The number of nitrogens with zero attached hydrogens (tertiary/aromatic N) is 2. The molecule has 1 N–H and O–H groups in total. The maximum Gasteiger partial charge on any atom is 0.262 e. The molecule has 0 bridgehead atoms. The fourth-order valence-electron chi connectivity index (χ4n) is 3.62. The van der Waals surface area contributed by atoms with Crippen LogP contribution in [-0.4, -0.2) is 14.7 Å². The van der Waals surface area contributed by atoms with E-state index in [2.05, 4.69) is 6.92 Å². The number of hydrogen-bond donors (Lipinski definition) is 1. The van der Waals surface area contributed by atoms with E-state index < -0.39 is 6.10 Å². The molecule has 1 aliphatic heterocycles. The second kappa shape index (κ2) is 4.92. The molecule has 1 aliphatic carbocycles. The molecule has 2 atom stereocenters. The van der Waals surface area contributed by atoms with Crippen LogP contribution in [0.25, 0.3) is 10.2 Å². The summed E-state index contributed by atoms with van der Waals surface area (Å²) in [5, 5.41) is 11.2. The van der Waals surface area contributed by atoms with Crippen molar-refractivity contribution in [2.75, 3.05) is 0 Å². The van der Waals surface area contributed by atoms with Crippen LogP contribution >= 0.6 is 11.3 Å². The Hall–Kier alpha value is -1.20. The van der Waals surface area contributed by atoms with Crippen LogP contribution in [0.4, 0.5) is 0 Å². The Bertz CT molecular complexity index is 762. The summed E-state index contributed by atoms with van der Waals surface area (Å²) in [7, 11) is 0. The van der Waals surface area contributed by atoms with Crippen LogP contribution in [0, 0.1) is 5.92 Å². The predicted molar refractivity (Wildman–Crippen MR) is 83.9 cm³/mol. The smallest absolute Gasteiger partial charge is 0.262 e. The van der Waals surface area contributed by atoms with Gasteiger partial charge in [-0.25, -0.2) is 4.98 Å². The molecule has 0 spiro atoms.